The van der Waals surface area contributed by atoms with Gasteiger partial charge in [0.25, 0.3) is 5.88 Å². The zero-order valence-electron chi connectivity index (χ0n) is 9.26. The van der Waals surface area contributed by atoms with Gasteiger partial charge in [0.15, 0.2) is 5.75 Å². The van der Waals surface area contributed by atoms with Gasteiger partial charge in [0.2, 0.25) is 0 Å². The van der Waals surface area contributed by atoms with E-state index in [1.54, 1.807) is 24.7 Å². The van der Waals surface area contributed by atoms with Crippen LogP contribution in [0.2, 0.25) is 0 Å². The third kappa shape index (κ3) is 3.17. The van der Waals surface area contributed by atoms with E-state index in [-0.39, 0.29) is 0 Å². The standard InChI is InChI=1S/C12H11BrN2O2/c1-2-16-11-4-3-5-15-12(11)17-10-6-9(13)7-14-8-10/h3-8H,2H2,1H3. The Hall–Kier alpha value is -1.62. The highest BCUT2D eigenvalue weighted by Crippen LogP contribution is 2.29. The molecule has 88 valence electrons. The Morgan fingerprint density at radius 1 is 1.35 bits per heavy atom. The van der Waals surface area contributed by atoms with Crippen molar-refractivity contribution in [2.24, 2.45) is 0 Å². The van der Waals surface area contributed by atoms with Gasteiger partial charge in [-0.05, 0) is 41.1 Å². The van der Waals surface area contributed by atoms with Crippen LogP contribution >= 0.6 is 15.9 Å². The van der Waals surface area contributed by atoms with Crippen molar-refractivity contribution in [1.82, 2.24) is 9.97 Å². The molecule has 2 aromatic rings. The van der Waals surface area contributed by atoms with Gasteiger partial charge in [-0.15, -0.1) is 0 Å². The van der Waals surface area contributed by atoms with Crippen LogP contribution in [0, 0.1) is 0 Å². The molecule has 0 radical (unpaired) electrons. The Bertz CT molecular complexity index is 505. The van der Waals surface area contributed by atoms with E-state index in [2.05, 4.69) is 25.9 Å². The van der Waals surface area contributed by atoms with Gasteiger partial charge in [-0.25, -0.2) is 4.98 Å². The van der Waals surface area contributed by atoms with Gasteiger partial charge < -0.3 is 9.47 Å². The number of rotatable bonds is 4. The first-order valence-corrected chi connectivity index (χ1v) is 5.95. The highest BCUT2D eigenvalue weighted by molar-refractivity contribution is 9.10. The fraction of sp³-hybridized carbons (Fsp3) is 0.167. The van der Waals surface area contributed by atoms with Crippen molar-refractivity contribution in [2.75, 3.05) is 6.61 Å². The molecule has 2 rings (SSSR count). The van der Waals surface area contributed by atoms with Crippen molar-refractivity contribution in [1.29, 1.82) is 0 Å². The number of halogens is 1. The fourth-order valence-corrected chi connectivity index (χ4v) is 1.62. The average Bonchev–Trinajstić information content (AvgIpc) is 2.32. The molecule has 2 heterocycles. The highest BCUT2D eigenvalue weighted by atomic mass is 79.9. The van der Waals surface area contributed by atoms with E-state index in [9.17, 15) is 0 Å². The zero-order valence-corrected chi connectivity index (χ0v) is 10.8. The largest absolute Gasteiger partial charge is 0.488 e. The molecular weight excluding hydrogens is 284 g/mol. The third-order valence-electron chi connectivity index (χ3n) is 1.93. The van der Waals surface area contributed by atoms with Crippen molar-refractivity contribution in [3.63, 3.8) is 0 Å². The van der Waals surface area contributed by atoms with E-state index in [0.29, 0.717) is 24.0 Å². The Balaban J connectivity index is 2.23. The Labute approximate surface area is 108 Å². The van der Waals surface area contributed by atoms with Crippen LogP contribution in [0.15, 0.2) is 41.3 Å². The van der Waals surface area contributed by atoms with Gasteiger partial charge in [-0.2, -0.15) is 0 Å². The van der Waals surface area contributed by atoms with Crippen LogP contribution in [0.5, 0.6) is 17.4 Å². The zero-order chi connectivity index (χ0) is 12.1. The lowest BCUT2D eigenvalue weighted by molar-refractivity contribution is 0.316. The molecule has 0 saturated carbocycles. The van der Waals surface area contributed by atoms with Gasteiger partial charge in [-0.1, -0.05) is 0 Å². The van der Waals surface area contributed by atoms with Crippen molar-refractivity contribution in [3.05, 3.63) is 41.3 Å². The predicted molar refractivity (Wildman–Crippen MR) is 67.4 cm³/mol. The topological polar surface area (TPSA) is 44.2 Å². The van der Waals surface area contributed by atoms with Crippen molar-refractivity contribution < 1.29 is 9.47 Å². The Kier molecular flexibility index (Phi) is 3.93. The minimum absolute atomic E-state index is 0.439. The van der Waals surface area contributed by atoms with Crippen molar-refractivity contribution in [2.45, 2.75) is 6.92 Å². The smallest absolute Gasteiger partial charge is 0.262 e. The molecule has 0 aliphatic heterocycles. The molecule has 0 aromatic carbocycles. The molecule has 17 heavy (non-hydrogen) atoms. The summed E-state index contributed by atoms with van der Waals surface area (Å²) in [4.78, 5) is 8.15. The van der Waals surface area contributed by atoms with E-state index in [4.69, 9.17) is 9.47 Å². The SMILES string of the molecule is CCOc1cccnc1Oc1cncc(Br)c1. The minimum atomic E-state index is 0.439. The number of nitrogens with zero attached hydrogens (tertiary/aromatic N) is 2. The predicted octanol–water partition coefficient (Wildman–Crippen LogP) is 3.43. The number of aromatic nitrogens is 2. The summed E-state index contributed by atoms with van der Waals surface area (Å²) in [5.74, 6) is 1.67. The molecule has 0 bridgehead atoms. The summed E-state index contributed by atoms with van der Waals surface area (Å²) >= 11 is 3.33. The third-order valence-corrected chi connectivity index (χ3v) is 2.36. The number of pyridine rings is 2. The van der Waals surface area contributed by atoms with Crippen LogP contribution in [-0.2, 0) is 0 Å². The molecule has 0 aliphatic carbocycles. The van der Waals surface area contributed by atoms with Gasteiger partial charge in [0.05, 0.1) is 12.8 Å². The monoisotopic (exact) mass is 294 g/mol. The molecule has 0 spiro atoms. The normalized spacial score (nSPS) is 10.0. The van der Waals surface area contributed by atoms with Crippen LogP contribution in [0.4, 0.5) is 0 Å². The lowest BCUT2D eigenvalue weighted by Crippen LogP contribution is -1.96. The van der Waals surface area contributed by atoms with E-state index < -0.39 is 0 Å². The molecule has 4 nitrogen and oxygen atoms in total. The molecule has 0 fully saturated rings. The fourth-order valence-electron chi connectivity index (χ4n) is 1.28. The molecular formula is C12H11BrN2O2. The van der Waals surface area contributed by atoms with Gasteiger partial charge in [0, 0.05) is 16.9 Å². The minimum Gasteiger partial charge on any atom is -0.488 e. The number of ether oxygens (including phenoxy) is 2. The Morgan fingerprint density at radius 2 is 2.24 bits per heavy atom. The van der Waals surface area contributed by atoms with Crippen molar-refractivity contribution in [3.8, 4) is 17.4 Å². The van der Waals surface area contributed by atoms with Crippen molar-refractivity contribution >= 4 is 15.9 Å². The lowest BCUT2D eigenvalue weighted by atomic mass is 10.4. The molecule has 0 amide bonds. The second-order valence-electron chi connectivity index (χ2n) is 3.18. The molecule has 2 aromatic heterocycles. The summed E-state index contributed by atoms with van der Waals surface area (Å²) in [6.07, 6.45) is 4.97. The number of hydrogen-bond acceptors (Lipinski definition) is 4. The van der Waals surface area contributed by atoms with Crippen LogP contribution in [0.1, 0.15) is 6.92 Å². The second-order valence-corrected chi connectivity index (χ2v) is 4.10. The summed E-state index contributed by atoms with van der Waals surface area (Å²) < 4.78 is 11.9. The van der Waals surface area contributed by atoms with Crippen LogP contribution < -0.4 is 9.47 Å². The maximum Gasteiger partial charge on any atom is 0.262 e. The van der Waals surface area contributed by atoms with Crippen LogP contribution in [0.3, 0.4) is 0 Å². The quantitative estimate of drug-likeness (QED) is 0.866. The lowest BCUT2D eigenvalue weighted by Gasteiger charge is -2.09. The van der Waals surface area contributed by atoms with E-state index in [0.717, 1.165) is 4.47 Å². The summed E-state index contributed by atoms with van der Waals surface area (Å²) in [5.41, 5.74) is 0. The average molecular weight is 295 g/mol. The van der Waals surface area contributed by atoms with E-state index in [1.165, 1.54) is 0 Å². The first-order chi connectivity index (χ1) is 8.29. The summed E-state index contributed by atoms with van der Waals surface area (Å²) in [6.45, 7) is 2.48. The highest BCUT2D eigenvalue weighted by Gasteiger charge is 2.07. The van der Waals surface area contributed by atoms with Crippen LogP contribution in [0.25, 0.3) is 0 Å². The number of hydrogen-bond donors (Lipinski definition) is 0. The molecule has 0 N–H and O–H groups in total. The van der Waals surface area contributed by atoms with E-state index >= 15 is 0 Å². The summed E-state index contributed by atoms with van der Waals surface area (Å²) in [6, 6.07) is 5.44. The Morgan fingerprint density at radius 3 is 3.00 bits per heavy atom. The van der Waals surface area contributed by atoms with Gasteiger partial charge >= 0.3 is 0 Å². The first-order valence-electron chi connectivity index (χ1n) is 5.16. The van der Waals surface area contributed by atoms with E-state index in [1.807, 2.05) is 19.1 Å². The summed E-state index contributed by atoms with van der Waals surface area (Å²) in [7, 11) is 0. The maximum atomic E-state index is 5.61. The summed E-state index contributed by atoms with van der Waals surface area (Å²) in [5, 5.41) is 0. The first kappa shape index (κ1) is 11.9. The van der Waals surface area contributed by atoms with Gasteiger partial charge in [-0.3, -0.25) is 4.98 Å². The molecule has 0 unspecified atom stereocenters. The molecule has 0 aliphatic rings. The molecule has 0 saturated heterocycles. The molecule has 0 atom stereocenters. The molecule has 5 heteroatoms. The van der Waals surface area contributed by atoms with Crippen LogP contribution in [-0.4, -0.2) is 16.6 Å². The van der Waals surface area contributed by atoms with Gasteiger partial charge in [0.1, 0.15) is 5.75 Å². The maximum absolute atomic E-state index is 5.61. The second kappa shape index (κ2) is 5.63.